The van der Waals surface area contributed by atoms with E-state index in [1.54, 1.807) is 42.5 Å². The minimum atomic E-state index is -0.915. The van der Waals surface area contributed by atoms with Crippen LogP contribution < -0.4 is 14.2 Å². The first-order valence-corrected chi connectivity index (χ1v) is 7.27. The van der Waals surface area contributed by atoms with E-state index < -0.39 is 6.09 Å². The van der Waals surface area contributed by atoms with Crippen molar-refractivity contribution in [1.82, 2.24) is 4.98 Å². The number of hydrogen-bond acceptors (Lipinski definition) is 6. The summed E-state index contributed by atoms with van der Waals surface area (Å²) in [7, 11) is 3.07. The van der Waals surface area contributed by atoms with Crippen LogP contribution in [0.15, 0.2) is 52.7 Å². The van der Waals surface area contributed by atoms with Gasteiger partial charge < -0.3 is 24.3 Å². The molecule has 0 radical (unpaired) electrons. The Bertz CT molecular complexity index is 931. The van der Waals surface area contributed by atoms with Crippen molar-refractivity contribution in [2.75, 3.05) is 14.2 Å². The van der Waals surface area contributed by atoms with Crippen LogP contribution in [0, 0.1) is 0 Å². The standard InChI is InChI=1S/C17H15N3O5/c1-23-10-3-5-11(6-4-10)25-17(22)20-19-15-13-9-12(24-2)7-8-14(13)18-16(15)21/h3-9,18,21H,1-2H3. The molecule has 0 spiro atoms. The van der Waals surface area contributed by atoms with Gasteiger partial charge in [0.2, 0.25) is 5.88 Å². The summed E-state index contributed by atoms with van der Waals surface area (Å²) < 4.78 is 15.2. The molecule has 8 heteroatoms. The molecule has 1 heterocycles. The molecule has 128 valence electrons. The van der Waals surface area contributed by atoms with E-state index >= 15 is 0 Å². The zero-order chi connectivity index (χ0) is 17.8. The lowest BCUT2D eigenvalue weighted by Crippen LogP contribution is -2.00. The van der Waals surface area contributed by atoms with Gasteiger partial charge in [0.15, 0.2) is 5.69 Å². The van der Waals surface area contributed by atoms with Crippen LogP contribution >= 0.6 is 0 Å². The zero-order valence-electron chi connectivity index (χ0n) is 13.5. The maximum absolute atomic E-state index is 11.8. The van der Waals surface area contributed by atoms with Crippen LogP contribution in [0.2, 0.25) is 0 Å². The Kier molecular flexibility index (Phi) is 4.51. The Balaban J connectivity index is 1.79. The van der Waals surface area contributed by atoms with E-state index in [0.29, 0.717) is 28.2 Å². The number of aromatic amines is 1. The normalized spacial score (nSPS) is 11.0. The maximum atomic E-state index is 11.8. The van der Waals surface area contributed by atoms with Crippen molar-refractivity contribution < 1.29 is 24.1 Å². The number of benzene rings is 2. The number of carbonyl (C=O) groups is 1. The molecule has 2 aromatic carbocycles. The van der Waals surface area contributed by atoms with Crippen LogP contribution in [0.4, 0.5) is 10.5 Å². The van der Waals surface area contributed by atoms with Gasteiger partial charge >= 0.3 is 6.09 Å². The van der Waals surface area contributed by atoms with Crippen molar-refractivity contribution in [1.29, 1.82) is 0 Å². The summed E-state index contributed by atoms with van der Waals surface area (Å²) in [5.74, 6) is 1.32. The van der Waals surface area contributed by atoms with Crippen molar-refractivity contribution in [2.45, 2.75) is 0 Å². The molecule has 2 N–H and O–H groups in total. The first-order valence-electron chi connectivity index (χ1n) is 7.27. The summed E-state index contributed by atoms with van der Waals surface area (Å²) in [5.41, 5.74) is 0.761. The highest BCUT2D eigenvalue weighted by Gasteiger charge is 2.12. The summed E-state index contributed by atoms with van der Waals surface area (Å²) in [5, 5.41) is 17.8. The van der Waals surface area contributed by atoms with Crippen molar-refractivity contribution in [3.05, 3.63) is 42.5 Å². The Morgan fingerprint density at radius 2 is 1.64 bits per heavy atom. The van der Waals surface area contributed by atoms with Gasteiger partial charge in [-0.3, -0.25) is 0 Å². The summed E-state index contributed by atoms with van der Waals surface area (Å²) >= 11 is 0. The molecule has 0 atom stereocenters. The van der Waals surface area contributed by atoms with E-state index in [4.69, 9.17) is 14.2 Å². The molecule has 0 saturated carbocycles. The van der Waals surface area contributed by atoms with Gasteiger partial charge in [-0.1, -0.05) is 5.11 Å². The number of ether oxygens (including phenoxy) is 3. The molecule has 0 saturated heterocycles. The average molecular weight is 341 g/mol. The molecular formula is C17H15N3O5. The third-order valence-electron chi connectivity index (χ3n) is 3.46. The molecule has 8 nitrogen and oxygen atoms in total. The molecular weight excluding hydrogens is 326 g/mol. The predicted octanol–water partition coefficient (Wildman–Crippen LogP) is 4.17. The summed E-state index contributed by atoms with van der Waals surface area (Å²) in [4.78, 5) is 14.5. The fraction of sp³-hybridized carbons (Fsp3) is 0.118. The van der Waals surface area contributed by atoms with Crippen molar-refractivity contribution in [2.24, 2.45) is 10.2 Å². The van der Waals surface area contributed by atoms with Crippen molar-refractivity contribution >= 4 is 22.7 Å². The number of methoxy groups -OCH3 is 2. The minimum Gasteiger partial charge on any atom is -0.497 e. The van der Waals surface area contributed by atoms with Crippen LogP contribution in [-0.2, 0) is 0 Å². The number of rotatable bonds is 4. The number of nitrogens with one attached hydrogen (secondary N) is 1. The highest BCUT2D eigenvalue weighted by molar-refractivity contribution is 5.95. The van der Waals surface area contributed by atoms with Crippen LogP contribution in [0.5, 0.6) is 23.1 Å². The molecule has 1 aromatic heterocycles. The highest BCUT2D eigenvalue weighted by Crippen LogP contribution is 2.37. The topological polar surface area (TPSA) is 106 Å². The summed E-state index contributed by atoms with van der Waals surface area (Å²) in [6, 6.07) is 11.6. The van der Waals surface area contributed by atoms with Crippen LogP contribution in [0.1, 0.15) is 0 Å². The first kappa shape index (κ1) is 16.3. The van der Waals surface area contributed by atoms with Gasteiger partial charge in [0, 0.05) is 5.39 Å². The van der Waals surface area contributed by atoms with Gasteiger partial charge in [0.05, 0.1) is 19.7 Å². The van der Waals surface area contributed by atoms with Gasteiger partial charge in [0.25, 0.3) is 0 Å². The van der Waals surface area contributed by atoms with E-state index in [9.17, 15) is 9.90 Å². The van der Waals surface area contributed by atoms with Crippen molar-refractivity contribution in [3.8, 4) is 23.1 Å². The number of amides is 1. The average Bonchev–Trinajstić information content (AvgIpc) is 2.94. The Labute approximate surface area is 142 Å². The molecule has 0 aliphatic heterocycles. The molecule has 0 aliphatic carbocycles. The predicted molar refractivity (Wildman–Crippen MR) is 90.0 cm³/mol. The maximum Gasteiger partial charge on any atom is 0.457 e. The van der Waals surface area contributed by atoms with Gasteiger partial charge in [-0.25, -0.2) is 4.79 Å². The molecule has 0 aliphatic rings. The van der Waals surface area contributed by atoms with Gasteiger partial charge in [-0.2, -0.15) is 0 Å². The number of H-pyrrole nitrogens is 1. The second-order valence-corrected chi connectivity index (χ2v) is 4.98. The second kappa shape index (κ2) is 6.91. The number of carbonyl (C=O) groups excluding carboxylic acids is 1. The Morgan fingerprint density at radius 3 is 2.32 bits per heavy atom. The number of fused-ring (bicyclic) bond motifs is 1. The molecule has 3 rings (SSSR count). The molecule has 25 heavy (non-hydrogen) atoms. The zero-order valence-corrected chi connectivity index (χ0v) is 13.5. The lowest BCUT2D eigenvalue weighted by Gasteiger charge is -2.02. The Hall–Kier alpha value is -3.55. The van der Waals surface area contributed by atoms with E-state index in [0.717, 1.165) is 0 Å². The lowest BCUT2D eigenvalue weighted by molar-refractivity contribution is 0.209. The molecule has 3 aromatic rings. The lowest BCUT2D eigenvalue weighted by atomic mass is 10.2. The Morgan fingerprint density at radius 1 is 1.00 bits per heavy atom. The fourth-order valence-corrected chi connectivity index (χ4v) is 2.23. The van der Waals surface area contributed by atoms with E-state index in [-0.39, 0.29) is 11.6 Å². The quantitative estimate of drug-likeness (QED) is 0.693. The number of hydrogen-bond donors (Lipinski definition) is 2. The highest BCUT2D eigenvalue weighted by atomic mass is 16.6. The molecule has 1 amide bonds. The van der Waals surface area contributed by atoms with E-state index in [2.05, 4.69) is 15.2 Å². The van der Waals surface area contributed by atoms with Crippen molar-refractivity contribution in [3.63, 3.8) is 0 Å². The van der Waals surface area contributed by atoms with Crippen LogP contribution in [0.25, 0.3) is 10.9 Å². The summed E-state index contributed by atoms with van der Waals surface area (Å²) in [6.45, 7) is 0. The third kappa shape index (κ3) is 3.52. The molecule has 0 bridgehead atoms. The number of aromatic hydroxyl groups is 1. The van der Waals surface area contributed by atoms with Gasteiger partial charge in [-0.15, -0.1) is 5.11 Å². The number of aromatic nitrogens is 1. The number of nitrogens with zero attached hydrogens (tertiary/aromatic N) is 2. The number of azo groups is 1. The van der Waals surface area contributed by atoms with Crippen LogP contribution in [-0.4, -0.2) is 30.4 Å². The SMILES string of the molecule is COc1ccc(OC(=O)N=Nc2c(O)[nH]c3ccc(OC)cc23)cc1. The second-order valence-electron chi connectivity index (χ2n) is 4.98. The van der Waals surface area contributed by atoms with Gasteiger partial charge in [-0.05, 0) is 42.5 Å². The summed E-state index contributed by atoms with van der Waals surface area (Å²) in [6.07, 6.45) is -0.915. The third-order valence-corrected chi connectivity index (χ3v) is 3.46. The smallest absolute Gasteiger partial charge is 0.457 e. The molecule has 0 unspecified atom stereocenters. The fourth-order valence-electron chi connectivity index (χ4n) is 2.23. The largest absolute Gasteiger partial charge is 0.497 e. The minimum absolute atomic E-state index is 0.126. The van der Waals surface area contributed by atoms with Gasteiger partial charge in [0.1, 0.15) is 17.2 Å². The molecule has 0 fully saturated rings. The van der Waals surface area contributed by atoms with Crippen LogP contribution in [0.3, 0.4) is 0 Å². The van der Waals surface area contributed by atoms with E-state index in [1.165, 1.54) is 14.2 Å². The first-order chi connectivity index (χ1) is 12.1. The van der Waals surface area contributed by atoms with E-state index in [1.807, 2.05) is 0 Å². The monoisotopic (exact) mass is 341 g/mol.